The van der Waals surface area contributed by atoms with E-state index in [-0.39, 0.29) is 35.3 Å². The van der Waals surface area contributed by atoms with Crippen LogP contribution in [0.15, 0.2) is 36.7 Å². The molecule has 0 unspecified atom stereocenters. The van der Waals surface area contributed by atoms with E-state index >= 15 is 4.39 Å². The monoisotopic (exact) mass is 621 g/mol. The van der Waals surface area contributed by atoms with Gasteiger partial charge in [-0.15, -0.1) is 0 Å². The first-order valence-electron chi connectivity index (χ1n) is 12.4. The molecule has 0 saturated carbocycles. The number of hydrogen-bond acceptors (Lipinski definition) is 12. The molecule has 6 atom stereocenters. The van der Waals surface area contributed by atoms with Crippen LogP contribution in [0.25, 0.3) is 11.2 Å². The fraction of sp³-hybridized carbons (Fsp3) is 0.478. The third-order valence-corrected chi connectivity index (χ3v) is 7.82. The van der Waals surface area contributed by atoms with Gasteiger partial charge in [0.25, 0.3) is 5.67 Å². The van der Waals surface area contributed by atoms with Gasteiger partial charge in [0.1, 0.15) is 24.0 Å². The zero-order valence-electron chi connectivity index (χ0n) is 22.4. The second-order valence-corrected chi connectivity index (χ2v) is 10.7. The lowest BCUT2D eigenvalue weighted by molar-refractivity contribution is -0.273. The Morgan fingerprint density at radius 1 is 1.31 bits per heavy atom. The lowest BCUT2D eigenvalue weighted by atomic mass is 9.95. The molecule has 1 aliphatic heterocycles. The van der Waals surface area contributed by atoms with Gasteiger partial charge in [0.2, 0.25) is 5.95 Å². The average Bonchev–Trinajstić information content (AvgIpc) is 3.46. The molecule has 0 bridgehead atoms. The van der Waals surface area contributed by atoms with E-state index in [0.29, 0.717) is 4.57 Å². The van der Waals surface area contributed by atoms with Crippen molar-refractivity contribution < 1.29 is 50.5 Å². The molecule has 3 aromatic rings. The fourth-order valence-electron chi connectivity index (χ4n) is 4.18. The minimum atomic E-state index is -5.67. The van der Waals surface area contributed by atoms with Gasteiger partial charge in [-0.1, -0.05) is 18.2 Å². The molecule has 1 fully saturated rings. The number of imidazole rings is 1. The number of hydrogen-bond donors (Lipinski definition) is 4. The summed E-state index contributed by atoms with van der Waals surface area (Å²) in [6.45, 7) is 1.76. The van der Waals surface area contributed by atoms with Gasteiger partial charge in [-0.05, 0) is 26.0 Å². The molecule has 0 aliphatic carbocycles. The number of anilines is 2. The number of carbonyl (C=O) groups excluding carboxylic acids is 1. The number of aliphatic hydroxyl groups excluding tert-OH is 1. The Labute approximate surface area is 236 Å². The zero-order chi connectivity index (χ0) is 30.9. The quantitative estimate of drug-likeness (QED) is 0.139. The van der Waals surface area contributed by atoms with Crippen molar-refractivity contribution >= 4 is 36.6 Å². The van der Waals surface area contributed by atoms with Crippen LogP contribution in [-0.4, -0.2) is 81.0 Å². The lowest BCUT2D eigenvalue weighted by Gasteiger charge is -2.31. The van der Waals surface area contributed by atoms with E-state index in [1.807, 2.05) is 0 Å². The lowest BCUT2D eigenvalue weighted by Crippen LogP contribution is -2.54. The Bertz CT molecular complexity index is 1460. The maximum Gasteiger partial charge on any atom is 0.459 e. The standard InChI is InChI=1S/C23H28F4N7O7P/c1-4-38-19(36)12(2)33-42(37,41-13-8-6-5-7-9-13)39-10-14-16(35)22(24,23(25,26)27)20(40-14)34-11-30-15-17(29-3)31-21(28)32-18(15)34/h5-9,11-12,14,16,20,35H,4,10H2,1-3H3,(H,33,37)(H3,28,29,31,32)/t12-,14+,16+,20+,22+,42+/m0/s1. The van der Waals surface area contributed by atoms with Gasteiger partial charge >= 0.3 is 19.9 Å². The largest absolute Gasteiger partial charge is 0.465 e. The molecule has 0 amide bonds. The van der Waals surface area contributed by atoms with Gasteiger partial charge in [0.15, 0.2) is 23.2 Å². The van der Waals surface area contributed by atoms with Gasteiger partial charge < -0.3 is 30.2 Å². The van der Waals surface area contributed by atoms with Crippen LogP contribution in [0.3, 0.4) is 0 Å². The molecule has 14 nitrogen and oxygen atoms in total. The molecule has 0 spiro atoms. The molecular formula is C23H28F4N7O7P. The highest BCUT2D eigenvalue weighted by atomic mass is 31.2. The number of ether oxygens (including phenoxy) is 2. The molecular weight excluding hydrogens is 593 g/mol. The SMILES string of the molecule is CCOC(=O)[C@H](C)N[P@@](=O)(OC[C@H]1O[C@@H](n2cnc3c(NC)nc(N)nc32)[C@@](F)(C(F)(F)F)[C@@H]1O)Oc1ccccc1. The van der Waals surface area contributed by atoms with Crippen LogP contribution in [0.1, 0.15) is 20.1 Å². The number of halogens is 4. The number of nitrogen functional groups attached to an aromatic ring is 1. The summed E-state index contributed by atoms with van der Waals surface area (Å²) in [5.41, 5.74) is 0.878. The van der Waals surface area contributed by atoms with Gasteiger partial charge in [0.05, 0.1) is 19.5 Å². The van der Waals surface area contributed by atoms with Crippen molar-refractivity contribution in [2.75, 3.05) is 31.3 Å². The van der Waals surface area contributed by atoms with Crippen LogP contribution in [0.4, 0.5) is 29.3 Å². The topological polar surface area (TPSA) is 185 Å². The third kappa shape index (κ3) is 5.98. The molecule has 4 rings (SSSR count). The van der Waals surface area contributed by atoms with Crippen molar-refractivity contribution in [1.82, 2.24) is 24.6 Å². The van der Waals surface area contributed by atoms with Gasteiger partial charge in [0, 0.05) is 7.05 Å². The van der Waals surface area contributed by atoms with Crippen LogP contribution in [0, 0.1) is 0 Å². The minimum Gasteiger partial charge on any atom is -0.465 e. The normalized spacial score (nSPS) is 24.7. The first-order valence-corrected chi connectivity index (χ1v) is 14.0. The zero-order valence-corrected chi connectivity index (χ0v) is 23.3. The number of carbonyl (C=O) groups is 1. The fourth-order valence-corrected chi connectivity index (χ4v) is 5.68. The molecule has 19 heteroatoms. The maximum absolute atomic E-state index is 16.0. The van der Waals surface area contributed by atoms with E-state index in [1.165, 1.54) is 38.2 Å². The van der Waals surface area contributed by atoms with Crippen molar-refractivity contribution in [3.8, 4) is 5.75 Å². The Hall–Kier alpha value is -3.57. The molecule has 2 aromatic heterocycles. The summed E-state index contributed by atoms with van der Waals surface area (Å²) in [6.07, 6.45) is -12.3. The highest BCUT2D eigenvalue weighted by Gasteiger charge is 2.73. The second kappa shape index (κ2) is 12.0. The van der Waals surface area contributed by atoms with Gasteiger partial charge in [-0.25, -0.2) is 13.9 Å². The van der Waals surface area contributed by atoms with Crippen LogP contribution in [0.2, 0.25) is 0 Å². The van der Waals surface area contributed by atoms with Crippen molar-refractivity contribution in [1.29, 1.82) is 0 Å². The molecule has 1 aliphatic rings. The van der Waals surface area contributed by atoms with E-state index in [4.69, 9.17) is 24.3 Å². The predicted molar refractivity (Wildman–Crippen MR) is 139 cm³/mol. The van der Waals surface area contributed by atoms with Crippen molar-refractivity contribution in [3.63, 3.8) is 0 Å². The van der Waals surface area contributed by atoms with E-state index in [9.17, 15) is 27.6 Å². The minimum absolute atomic E-state index is 0.00435. The van der Waals surface area contributed by atoms with Gasteiger partial charge in [-0.3, -0.25) is 13.9 Å². The summed E-state index contributed by atoms with van der Waals surface area (Å²) < 4.78 is 93.9. The Morgan fingerprint density at radius 3 is 2.62 bits per heavy atom. The molecule has 1 aromatic carbocycles. The van der Waals surface area contributed by atoms with E-state index in [1.54, 1.807) is 13.0 Å². The molecule has 0 radical (unpaired) electrons. The summed E-state index contributed by atoms with van der Waals surface area (Å²) in [7, 11) is -3.13. The first kappa shape index (κ1) is 31.4. The van der Waals surface area contributed by atoms with Crippen LogP contribution in [-0.2, 0) is 23.4 Å². The smallest absolute Gasteiger partial charge is 0.459 e. The number of fused-ring (bicyclic) bond motifs is 1. The highest BCUT2D eigenvalue weighted by Crippen LogP contribution is 2.53. The summed E-state index contributed by atoms with van der Waals surface area (Å²) in [5, 5.41) is 15.6. The summed E-state index contributed by atoms with van der Waals surface area (Å²) in [4.78, 5) is 23.8. The van der Waals surface area contributed by atoms with Crippen LogP contribution < -0.4 is 20.7 Å². The number of nitrogens with two attached hydrogens (primary N) is 1. The van der Waals surface area contributed by atoms with Crippen molar-refractivity contribution in [2.45, 2.75) is 50.2 Å². The molecule has 1 saturated heterocycles. The number of aromatic nitrogens is 4. The Kier molecular flexibility index (Phi) is 8.94. The Morgan fingerprint density at radius 2 is 2.00 bits per heavy atom. The molecule has 5 N–H and O–H groups in total. The number of nitrogens with zero attached hydrogens (tertiary/aromatic N) is 4. The number of aliphatic hydroxyl groups is 1. The summed E-state index contributed by atoms with van der Waals surface area (Å²) in [5.74, 6) is -1.13. The number of para-hydroxylation sites is 1. The van der Waals surface area contributed by atoms with Crippen LogP contribution in [0.5, 0.6) is 5.75 Å². The summed E-state index contributed by atoms with van der Waals surface area (Å²) in [6, 6.07) is 6.24. The number of nitrogens with one attached hydrogen (secondary N) is 2. The van der Waals surface area contributed by atoms with Crippen molar-refractivity contribution in [3.05, 3.63) is 36.7 Å². The predicted octanol–water partition coefficient (Wildman–Crippen LogP) is 2.72. The number of alkyl halides is 4. The number of rotatable bonds is 11. The highest BCUT2D eigenvalue weighted by molar-refractivity contribution is 7.52. The molecule has 3 heterocycles. The molecule has 230 valence electrons. The average molecular weight is 621 g/mol. The second-order valence-electron chi connectivity index (χ2n) is 9.04. The molecule has 42 heavy (non-hydrogen) atoms. The van der Waals surface area contributed by atoms with E-state index < -0.39 is 56.6 Å². The third-order valence-electron chi connectivity index (χ3n) is 6.18. The number of benzene rings is 1. The summed E-state index contributed by atoms with van der Waals surface area (Å²) >= 11 is 0. The van der Waals surface area contributed by atoms with Crippen molar-refractivity contribution in [2.24, 2.45) is 0 Å². The van der Waals surface area contributed by atoms with Crippen LogP contribution >= 0.6 is 7.75 Å². The van der Waals surface area contributed by atoms with E-state index in [0.717, 1.165) is 6.33 Å². The Balaban J connectivity index is 1.66. The maximum atomic E-state index is 16.0. The number of esters is 1. The van der Waals surface area contributed by atoms with E-state index in [2.05, 4.69) is 25.4 Å². The first-order chi connectivity index (χ1) is 19.7. The van der Waals surface area contributed by atoms with Gasteiger partial charge in [-0.2, -0.15) is 28.2 Å².